The molecule has 1 aromatic carbocycles. The largest absolute Gasteiger partial charge is 0.318 e. The van der Waals surface area contributed by atoms with Gasteiger partial charge < -0.3 is 5.32 Å². The van der Waals surface area contributed by atoms with E-state index >= 15 is 0 Å². The Labute approximate surface area is 166 Å². The zero-order valence-electron chi connectivity index (χ0n) is 15.2. The number of anilines is 1. The van der Waals surface area contributed by atoms with Gasteiger partial charge in [-0.1, -0.05) is 17.7 Å². The number of aryl methyl sites for hydroxylation is 1. The molecule has 28 heavy (non-hydrogen) atoms. The Bertz CT molecular complexity index is 1290. The van der Waals surface area contributed by atoms with Crippen LogP contribution in [-0.2, 0) is 14.8 Å². The maximum absolute atomic E-state index is 13.1. The lowest BCUT2D eigenvalue weighted by Crippen LogP contribution is -2.12. The fourth-order valence-corrected chi connectivity index (χ4v) is 5.15. The van der Waals surface area contributed by atoms with Crippen LogP contribution in [0.1, 0.15) is 12.5 Å². The molecule has 0 aliphatic rings. The second kappa shape index (κ2) is 6.88. The molecule has 4 rings (SSSR count). The van der Waals surface area contributed by atoms with E-state index in [1.807, 2.05) is 24.4 Å². The van der Waals surface area contributed by atoms with Crippen LogP contribution < -0.4 is 5.32 Å². The van der Waals surface area contributed by atoms with Crippen molar-refractivity contribution in [2.45, 2.75) is 18.7 Å². The van der Waals surface area contributed by atoms with Crippen molar-refractivity contribution < 1.29 is 13.2 Å². The number of fused-ring (bicyclic) bond motifs is 1. The van der Waals surface area contributed by atoms with E-state index in [9.17, 15) is 13.2 Å². The molecule has 0 bridgehead atoms. The van der Waals surface area contributed by atoms with E-state index in [0.29, 0.717) is 5.65 Å². The summed E-state index contributed by atoms with van der Waals surface area (Å²) in [6.07, 6.45) is 3.12. The number of nitrogens with one attached hydrogen (secondary N) is 1. The van der Waals surface area contributed by atoms with Gasteiger partial charge in [0.15, 0.2) is 5.65 Å². The third kappa shape index (κ3) is 3.21. The molecule has 142 valence electrons. The first kappa shape index (κ1) is 18.4. The molecule has 0 saturated heterocycles. The Morgan fingerprint density at radius 3 is 2.61 bits per heavy atom. The molecule has 0 spiro atoms. The summed E-state index contributed by atoms with van der Waals surface area (Å²) in [6.45, 7) is 3.37. The van der Waals surface area contributed by atoms with Crippen molar-refractivity contribution in [2.24, 2.45) is 0 Å². The molecule has 0 aliphatic heterocycles. The van der Waals surface area contributed by atoms with Gasteiger partial charge in [-0.05, 0) is 48.4 Å². The number of aromatic nitrogens is 2. The lowest BCUT2D eigenvalue weighted by molar-refractivity contribution is -0.114. The summed E-state index contributed by atoms with van der Waals surface area (Å²) in [7, 11) is -3.75. The number of pyridine rings is 1. The first-order chi connectivity index (χ1) is 13.4. The van der Waals surface area contributed by atoms with Gasteiger partial charge in [0.05, 0.1) is 9.90 Å². The normalized spacial score (nSPS) is 11.6. The van der Waals surface area contributed by atoms with E-state index in [0.717, 1.165) is 27.1 Å². The molecule has 1 amide bonds. The summed E-state index contributed by atoms with van der Waals surface area (Å²) < 4.78 is 27.3. The number of carbonyl (C=O) groups is 1. The minimum absolute atomic E-state index is 0.136. The van der Waals surface area contributed by atoms with E-state index < -0.39 is 10.0 Å². The van der Waals surface area contributed by atoms with E-state index in [4.69, 9.17) is 0 Å². The number of amides is 1. The molecule has 0 radical (unpaired) electrons. The van der Waals surface area contributed by atoms with Crippen LogP contribution in [0.25, 0.3) is 22.2 Å². The smallest absolute Gasteiger partial charge is 0.269 e. The van der Waals surface area contributed by atoms with Gasteiger partial charge in [-0.2, -0.15) is 0 Å². The highest BCUT2D eigenvalue weighted by atomic mass is 32.2. The zero-order valence-corrected chi connectivity index (χ0v) is 16.8. The summed E-state index contributed by atoms with van der Waals surface area (Å²) in [5, 5.41) is 6.15. The van der Waals surface area contributed by atoms with Crippen molar-refractivity contribution >= 4 is 43.3 Å². The maximum Gasteiger partial charge on any atom is 0.269 e. The maximum atomic E-state index is 13.1. The number of rotatable bonds is 4. The fraction of sp³-hybridized carbons (Fsp3) is 0.100. The number of nitrogens with zero attached hydrogens (tertiary/aromatic N) is 2. The van der Waals surface area contributed by atoms with Crippen LogP contribution in [0.15, 0.2) is 65.1 Å². The average molecular weight is 412 g/mol. The van der Waals surface area contributed by atoms with Crippen molar-refractivity contribution in [2.75, 3.05) is 5.32 Å². The molecule has 0 saturated carbocycles. The van der Waals surface area contributed by atoms with Gasteiger partial charge in [0, 0.05) is 30.1 Å². The standard InChI is InChI=1S/C20H17N3O3S2/c1-13-3-5-16(6-4-13)28(25,26)23-10-8-18-17(7-9-21-20(18)23)15-11-19(27-12-15)22-14(2)24/h3-12H,1-2H3,(H,22,24). The lowest BCUT2D eigenvalue weighted by Gasteiger charge is -2.08. The molecule has 0 aliphatic carbocycles. The highest BCUT2D eigenvalue weighted by Gasteiger charge is 2.21. The number of hydrogen-bond donors (Lipinski definition) is 1. The first-order valence-corrected chi connectivity index (χ1v) is 10.8. The van der Waals surface area contributed by atoms with Crippen LogP contribution in [0.4, 0.5) is 5.00 Å². The van der Waals surface area contributed by atoms with Crippen LogP contribution in [-0.4, -0.2) is 23.3 Å². The second-order valence-corrected chi connectivity index (χ2v) is 9.13. The zero-order chi connectivity index (χ0) is 19.9. The summed E-state index contributed by atoms with van der Waals surface area (Å²) >= 11 is 1.41. The van der Waals surface area contributed by atoms with Crippen LogP contribution in [0.3, 0.4) is 0 Å². The van der Waals surface area contributed by atoms with Gasteiger partial charge in [0.25, 0.3) is 10.0 Å². The van der Waals surface area contributed by atoms with E-state index in [-0.39, 0.29) is 10.8 Å². The Balaban J connectivity index is 1.82. The summed E-state index contributed by atoms with van der Waals surface area (Å²) in [4.78, 5) is 15.8. The number of benzene rings is 1. The lowest BCUT2D eigenvalue weighted by atomic mass is 10.1. The van der Waals surface area contributed by atoms with Crippen molar-refractivity contribution in [3.05, 3.63) is 65.8 Å². The molecule has 1 N–H and O–H groups in total. The quantitative estimate of drug-likeness (QED) is 0.544. The highest BCUT2D eigenvalue weighted by Crippen LogP contribution is 2.34. The monoisotopic (exact) mass is 411 g/mol. The van der Waals surface area contributed by atoms with Gasteiger partial charge >= 0.3 is 0 Å². The van der Waals surface area contributed by atoms with Gasteiger partial charge in [-0.25, -0.2) is 17.4 Å². The highest BCUT2D eigenvalue weighted by molar-refractivity contribution is 7.90. The molecular weight excluding hydrogens is 394 g/mol. The van der Waals surface area contributed by atoms with E-state index in [1.165, 1.54) is 28.4 Å². The van der Waals surface area contributed by atoms with E-state index in [1.54, 1.807) is 36.5 Å². The molecule has 3 heterocycles. The Kier molecular flexibility index (Phi) is 4.52. The first-order valence-electron chi connectivity index (χ1n) is 8.51. The summed E-state index contributed by atoms with van der Waals surface area (Å²) in [6, 6.07) is 12.2. The third-order valence-electron chi connectivity index (χ3n) is 4.34. The molecule has 0 fully saturated rings. The van der Waals surface area contributed by atoms with Crippen LogP contribution in [0.5, 0.6) is 0 Å². The average Bonchev–Trinajstić information content (AvgIpc) is 3.28. The fourth-order valence-electron chi connectivity index (χ4n) is 3.00. The Morgan fingerprint density at radius 2 is 1.89 bits per heavy atom. The number of carbonyl (C=O) groups excluding carboxylic acids is 1. The molecule has 6 nitrogen and oxygen atoms in total. The van der Waals surface area contributed by atoms with Crippen LogP contribution >= 0.6 is 11.3 Å². The number of thiophene rings is 1. The topological polar surface area (TPSA) is 81.1 Å². The molecule has 4 aromatic rings. The van der Waals surface area contributed by atoms with Crippen LogP contribution in [0, 0.1) is 6.92 Å². The minimum Gasteiger partial charge on any atom is -0.318 e. The van der Waals surface area contributed by atoms with Crippen molar-refractivity contribution in [3.8, 4) is 11.1 Å². The summed E-state index contributed by atoms with van der Waals surface area (Å²) in [5.74, 6) is -0.136. The van der Waals surface area contributed by atoms with Gasteiger partial charge in [0.2, 0.25) is 5.91 Å². The van der Waals surface area contributed by atoms with Crippen molar-refractivity contribution in [3.63, 3.8) is 0 Å². The van der Waals surface area contributed by atoms with Crippen molar-refractivity contribution in [1.82, 2.24) is 8.96 Å². The SMILES string of the molecule is CC(=O)Nc1cc(-c2ccnc3c2ccn3S(=O)(=O)c2ccc(C)cc2)cs1. The van der Waals surface area contributed by atoms with Gasteiger partial charge in [0.1, 0.15) is 0 Å². The second-order valence-electron chi connectivity index (χ2n) is 6.41. The predicted molar refractivity (Wildman–Crippen MR) is 111 cm³/mol. The van der Waals surface area contributed by atoms with Crippen LogP contribution in [0.2, 0.25) is 0 Å². The van der Waals surface area contributed by atoms with Gasteiger partial charge in [-0.3, -0.25) is 4.79 Å². The number of hydrogen-bond acceptors (Lipinski definition) is 5. The molecule has 3 aromatic heterocycles. The Morgan fingerprint density at radius 1 is 1.14 bits per heavy atom. The van der Waals surface area contributed by atoms with Gasteiger partial charge in [-0.15, -0.1) is 11.3 Å². The van der Waals surface area contributed by atoms with Crippen molar-refractivity contribution in [1.29, 1.82) is 0 Å². The predicted octanol–water partition coefficient (Wildman–Crippen LogP) is 4.27. The molecule has 0 atom stereocenters. The summed E-state index contributed by atoms with van der Waals surface area (Å²) in [5.41, 5.74) is 3.11. The molecule has 8 heteroatoms. The Hall–Kier alpha value is -2.97. The molecule has 0 unspecified atom stereocenters. The molecular formula is C20H17N3O3S2. The minimum atomic E-state index is -3.75. The third-order valence-corrected chi connectivity index (χ3v) is 6.87. The van der Waals surface area contributed by atoms with E-state index in [2.05, 4.69) is 10.3 Å².